The van der Waals surface area contributed by atoms with E-state index >= 15 is 0 Å². The summed E-state index contributed by atoms with van der Waals surface area (Å²) in [6.45, 7) is 0.193. The summed E-state index contributed by atoms with van der Waals surface area (Å²) in [7, 11) is 0. The summed E-state index contributed by atoms with van der Waals surface area (Å²) in [4.78, 5) is 51.0. The van der Waals surface area contributed by atoms with Gasteiger partial charge in [0.2, 0.25) is 0 Å². The summed E-state index contributed by atoms with van der Waals surface area (Å²) in [6, 6.07) is 10.5. The number of ether oxygens (including phenoxy) is 1. The normalized spacial score (nSPS) is 16.1. The fourth-order valence-corrected chi connectivity index (χ4v) is 4.23. The molecule has 0 aromatic heterocycles. The molecule has 1 aliphatic carbocycles. The van der Waals surface area contributed by atoms with Crippen molar-refractivity contribution in [2.45, 2.75) is 32.1 Å². The number of anilines is 1. The van der Waals surface area contributed by atoms with Gasteiger partial charge in [0.15, 0.2) is 6.61 Å². The SMILES string of the molecule is O=C(COC(=O)c1ccc2c(c1)C(=O)N(c1ccc(Cl)cc1)C2=O)NCC1CCCCC1. The summed E-state index contributed by atoms with van der Waals surface area (Å²) >= 11 is 5.88. The van der Waals surface area contributed by atoms with E-state index < -0.39 is 24.4 Å². The Morgan fingerprint density at radius 1 is 0.969 bits per heavy atom. The molecular weight excluding hydrogens is 432 g/mol. The quantitative estimate of drug-likeness (QED) is 0.526. The van der Waals surface area contributed by atoms with Crippen molar-refractivity contribution in [2.24, 2.45) is 5.92 Å². The third kappa shape index (κ3) is 4.67. The summed E-state index contributed by atoms with van der Waals surface area (Å²) in [5.74, 6) is -1.62. The van der Waals surface area contributed by atoms with Gasteiger partial charge in [-0.1, -0.05) is 30.9 Å². The smallest absolute Gasteiger partial charge is 0.338 e. The molecule has 8 heteroatoms. The van der Waals surface area contributed by atoms with Gasteiger partial charge in [0.25, 0.3) is 17.7 Å². The molecule has 166 valence electrons. The molecule has 1 fully saturated rings. The number of rotatable bonds is 6. The van der Waals surface area contributed by atoms with Gasteiger partial charge in [-0.25, -0.2) is 9.69 Å². The largest absolute Gasteiger partial charge is 0.452 e. The van der Waals surface area contributed by atoms with Gasteiger partial charge in [0.1, 0.15) is 0 Å². The first-order valence-electron chi connectivity index (χ1n) is 10.7. The maximum absolute atomic E-state index is 12.8. The molecule has 1 saturated carbocycles. The lowest BCUT2D eigenvalue weighted by atomic mass is 9.89. The van der Waals surface area contributed by atoms with Crippen LogP contribution in [0.25, 0.3) is 0 Å². The molecule has 4 rings (SSSR count). The fraction of sp³-hybridized carbons (Fsp3) is 0.333. The molecule has 0 spiro atoms. The monoisotopic (exact) mass is 454 g/mol. The lowest BCUT2D eigenvalue weighted by molar-refractivity contribution is -0.124. The minimum atomic E-state index is -0.731. The maximum atomic E-state index is 12.8. The number of hydrogen-bond acceptors (Lipinski definition) is 5. The van der Waals surface area contributed by atoms with E-state index in [0.29, 0.717) is 23.2 Å². The summed E-state index contributed by atoms with van der Waals surface area (Å²) in [6.07, 6.45) is 5.83. The summed E-state index contributed by atoms with van der Waals surface area (Å²) in [5.41, 5.74) is 0.801. The van der Waals surface area contributed by atoms with Crippen LogP contribution in [0.5, 0.6) is 0 Å². The molecule has 2 aliphatic rings. The lowest BCUT2D eigenvalue weighted by Crippen LogP contribution is -2.33. The molecule has 32 heavy (non-hydrogen) atoms. The van der Waals surface area contributed by atoms with Crippen LogP contribution in [0, 0.1) is 5.92 Å². The molecule has 0 bridgehead atoms. The zero-order chi connectivity index (χ0) is 22.7. The molecule has 0 saturated heterocycles. The lowest BCUT2D eigenvalue weighted by Gasteiger charge is -2.21. The van der Waals surface area contributed by atoms with Gasteiger partial charge in [0, 0.05) is 11.6 Å². The van der Waals surface area contributed by atoms with E-state index in [4.69, 9.17) is 16.3 Å². The first-order valence-corrected chi connectivity index (χ1v) is 11.0. The van der Waals surface area contributed by atoms with Crippen LogP contribution in [0.2, 0.25) is 5.02 Å². The molecule has 0 atom stereocenters. The van der Waals surface area contributed by atoms with Gasteiger partial charge in [-0.15, -0.1) is 0 Å². The van der Waals surface area contributed by atoms with Gasteiger partial charge < -0.3 is 10.1 Å². The van der Waals surface area contributed by atoms with Crippen LogP contribution in [0.4, 0.5) is 5.69 Å². The topological polar surface area (TPSA) is 92.8 Å². The Balaban J connectivity index is 1.37. The van der Waals surface area contributed by atoms with Crippen molar-refractivity contribution in [2.75, 3.05) is 18.1 Å². The Bertz CT molecular complexity index is 1060. The maximum Gasteiger partial charge on any atom is 0.338 e. The van der Waals surface area contributed by atoms with E-state index in [0.717, 1.165) is 17.7 Å². The van der Waals surface area contributed by atoms with E-state index in [1.54, 1.807) is 24.3 Å². The predicted molar refractivity (Wildman–Crippen MR) is 119 cm³/mol. The number of hydrogen-bond donors (Lipinski definition) is 1. The Morgan fingerprint density at radius 2 is 1.66 bits per heavy atom. The molecule has 2 aromatic carbocycles. The molecule has 7 nitrogen and oxygen atoms in total. The van der Waals surface area contributed by atoms with Crippen molar-refractivity contribution >= 4 is 41.0 Å². The third-order valence-corrected chi connectivity index (χ3v) is 6.11. The molecule has 0 unspecified atom stereocenters. The minimum absolute atomic E-state index is 0.0999. The van der Waals surface area contributed by atoms with Crippen molar-refractivity contribution in [3.63, 3.8) is 0 Å². The van der Waals surface area contributed by atoms with Gasteiger partial charge in [-0.05, 0) is 61.2 Å². The van der Waals surface area contributed by atoms with Crippen LogP contribution in [0.1, 0.15) is 63.2 Å². The minimum Gasteiger partial charge on any atom is -0.452 e. The summed E-state index contributed by atoms with van der Waals surface area (Å²) < 4.78 is 5.10. The second-order valence-electron chi connectivity index (χ2n) is 8.07. The molecule has 1 aliphatic heterocycles. The number of carbonyl (C=O) groups is 4. The highest BCUT2D eigenvalue weighted by Gasteiger charge is 2.37. The van der Waals surface area contributed by atoms with Crippen LogP contribution >= 0.6 is 11.6 Å². The third-order valence-electron chi connectivity index (χ3n) is 5.85. The number of fused-ring (bicyclic) bond motifs is 1. The van der Waals surface area contributed by atoms with E-state index in [1.807, 2.05) is 0 Å². The van der Waals surface area contributed by atoms with Gasteiger partial charge in [-0.2, -0.15) is 0 Å². The number of imide groups is 1. The molecule has 1 heterocycles. The van der Waals surface area contributed by atoms with Crippen LogP contribution in [-0.2, 0) is 9.53 Å². The Kier molecular flexibility index (Phi) is 6.55. The highest BCUT2D eigenvalue weighted by atomic mass is 35.5. The first-order chi connectivity index (χ1) is 15.4. The van der Waals surface area contributed by atoms with Crippen molar-refractivity contribution in [1.29, 1.82) is 0 Å². The number of esters is 1. The van der Waals surface area contributed by atoms with Gasteiger partial charge in [0.05, 0.1) is 22.4 Å². The van der Waals surface area contributed by atoms with Crippen LogP contribution in [0.15, 0.2) is 42.5 Å². The fourth-order valence-electron chi connectivity index (χ4n) is 4.11. The van der Waals surface area contributed by atoms with E-state index in [2.05, 4.69) is 5.32 Å². The average molecular weight is 455 g/mol. The summed E-state index contributed by atoms with van der Waals surface area (Å²) in [5, 5.41) is 3.30. The standard InChI is InChI=1S/C24H23ClN2O5/c25-17-7-9-18(10-8-17)27-22(29)19-11-6-16(12-20(19)23(27)30)24(31)32-14-21(28)26-13-15-4-2-1-3-5-15/h6-12,15H,1-5,13-14H2,(H,26,28). The van der Waals surface area contributed by atoms with Crippen molar-refractivity contribution < 1.29 is 23.9 Å². The molecule has 1 N–H and O–H groups in total. The zero-order valence-corrected chi connectivity index (χ0v) is 18.2. The second-order valence-corrected chi connectivity index (χ2v) is 8.50. The van der Waals surface area contributed by atoms with Gasteiger partial charge in [-0.3, -0.25) is 14.4 Å². The van der Waals surface area contributed by atoms with Crippen molar-refractivity contribution in [1.82, 2.24) is 5.32 Å². The second kappa shape index (κ2) is 9.53. The number of carbonyl (C=O) groups excluding carboxylic acids is 4. The number of nitrogens with one attached hydrogen (secondary N) is 1. The predicted octanol–water partition coefficient (Wildman–Crippen LogP) is 3.99. The van der Waals surface area contributed by atoms with Crippen molar-refractivity contribution in [3.8, 4) is 0 Å². The van der Waals surface area contributed by atoms with Crippen molar-refractivity contribution in [3.05, 3.63) is 64.2 Å². The molecule has 2 aromatic rings. The van der Waals surface area contributed by atoms with Crippen LogP contribution < -0.4 is 10.2 Å². The average Bonchev–Trinajstić information content (AvgIpc) is 3.07. The number of nitrogens with zero attached hydrogens (tertiary/aromatic N) is 1. The number of amides is 3. The highest BCUT2D eigenvalue weighted by Crippen LogP contribution is 2.30. The van der Waals surface area contributed by atoms with E-state index in [-0.39, 0.29) is 22.6 Å². The van der Waals surface area contributed by atoms with Crippen LogP contribution in [-0.4, -0.2) is 36.8 Å². The van der Waals surface area contributed by atoms with E-state index in [1.165, 1.54) is 37.5 Å². The Hall–Kier alpha value is -3.19. The highest BCUT2D eigenvalue weighted by molar-refractivity contribution is 6.35. The van der Waals surface area contributed by atoms with Gasteiger partial charge >= 0.3 is 5.97 Å². The Morgan fingerprint density at radius 3 is 2.38 bits per heavy atom. The van der Waals surface area contributed by atoms with Crippen LogP contribution in [0.3, 0.4) is 0 Å². The molecule has 3 amide bonds. The zero-order valence-electron chi connectivity index (χ0n) is 17.4. The van der Waals surface area contributed by atoms with E-state index in [9.17, 15) is 19.2 Å². The first kappa shape index (κ1) is 22.0. The number of benzene rings is 2. The molecular formula is C24H23ClN2O5. The molecule has 0 radical (unpaired) electrons. The Labute approximate surface area is 190 Å². The number of halogens is 1.